The van der Waals surface area contributed by atoms with Crippen molar-refractivity contribution in [2.24, 2.45) is 5.73 Å². The van der Waals surface area contributed by atoms with Gasteiger partial charge in [0.05, 0.1) is 5.69 Å². The summed E-state index contributed by atoms with van der Waals surface area (Å²) in [6.45, 7) is -0.266. The van der Waals surface area contributed by atoms with Gasteiger partial charge in [0.25, 0.3) is 6.43 Å². The molecule has 90 valence electrons. The fourth-order valence-corrected chi connectivity index (χ4v) is 1.47. The van der Waals surface area contributed by atoms with E-state index in [2.05, 4.69) is 4.98 Å². The van der Waals surface area contributed by atoms with Gasteiger partial charge in [0, 0.05) is 12.1 Å². The van der Waals surface area contributed by atoms with Crippen LogP contribution in [-0.4, -0.2) is 4.98 Å². The minimum Gasteiger partial charge on any atom is -0.325 e. The fourth-order valence-electron chi connectivity index (χ4n) is 1.14. The van der Waals surface area contributed by atoms with Gasteiger partial charge in [0.2, 0.25) is 0 Å². The van der Waals surface area contributed by atoms with Crippen LogP contribution in [0.2, 0.25) is 5.15 Å². The Balaban J connectivity index is 3.46. The van der Waals surface area contributed by atoms with E-state index in [0.717, 1.165) is 0 Å². The van der Waals surface area contributed by atoms with Gasteiger partial charge in [0.15, 0.2) is 0 Å². The number of nitrogens with two attached hydrogens (primary N) is 1. The Kier molecular flexibility index (Phi) is 3.69. The monoisotopic (exact) mass is 260 g/mol. The molecule has 1 rings (SSSR count). The summed E-state index contributed by atoms with van der Waals surface area (Å²) in [6, 6.07) is 0.610. The summed E-state index contributed by atoms with van der Waals surface area (Å²) in [7, 11) is 0. The summed E-state index contributed by atoms with van der Waals surface area (Å²) >= 11 is 5.22. The van der Waals surface area contributed by atoms with Crippen LogP contribution < -0.4 is 5.73 Å². The van der Waals surface area contributed by atoms with E-state index in [1.807, 2.05) is 0 Å². The SMILES string of the molecule is NCc1cc(C(F)F)c(C(F)(F)F)c(Cl)n1. The molecular weight excluding hydrogens is 255 g/mol. The largest absolute Gasteiger partial charge is 0.419 e. The average molecular weight is 261 g/mol. The summed E-state index contributed by atoms with van der Waals surface area (Å²) in [5.41, 5.74) is 2.17. The van der Waals surface area contributed by atoms with Gasteiger partial charge in [-0.2, -0.15) is 13.2 Å². The standard InChI is InChI=1S/C8H6ClF5N2/c9-6-5(8(12,13)14)4(7(10)11)1-3(2-15)16-6/h1,7H,2,15H2. The predicted octanol–water partition coefficient (Wildman–Crippen LogP) is 3.15. The molecule has 1 aromatic heterocycles. The maximum atomic E-state index is 12.4. The quantitative estimate of drug-likeness (QED) is 0.655. The van der Waals surface area contributed by atoms with Crippen molar-refractivity contribution in [1.29, 1.82) is 0 Å². The topological polar surface area (TPSA) is 38.9 Å². The second-order valence-electron chi connectivity index (χ2n) is 2.87. The van der Waals surface area contributed by atoms with Crippen molar-refractivity contribution in [2.75, 3.05) is 0 Å². The van der Waals surface area contributed by atoms with Gasteiger partial charge in [-0.05, 0) is 6.07 Å². The lowest BCUT2D eigenvalue weighted by molar-refractivity contribution is -0.139. The number of pyridine rings is 1. The zero-order valence-corrected chi connectivity index (χ0v) is 8.41. The molecule has 0 saturated carbocycles. The van der Waals surface area contributed by atoms with Gasteiger partial charge in [0.1, 0.15) is 10.7 Å². The molecule has 0 fully saturated rings. The predicted molar refractivity (Wildman–Crippen MR) is 47.1 cm³/mol. The first-order chi connectivity index (χ1) is 7.27. The molecule has 2 nitrogen and oxygen atoms in total. The Hall–Kier alpha value is -0.950. The highest BCUT2D eigenvalue weighted by Gasteiger charge is 2.39. The van der Waals surface area contributed by atoms with E-state index in [1.54, 1.807) is 0 Å². The van der Waals surface area contributed by atoms with E-state index in [-0.39, 0.29) is 12.2 Å². The lowest BCUT2D eigenvalue weighted by Crippen LogP contribution is -2.14. The molecule has 0 aliphatic heterocycles. The van der Waals surface area contributed by atoms with Crippen LogP contribution in [0.25, 0.3) is 0 Å². The van der Waals surface area contributed by atoms with Gasteiger partial charge in [-0.1, -0.05) is 11.6 Å². The van der Waals surface area contributed by atoms with Gasteiger partial charge in [-0.25, -0.2) is 13.8 Å². The van der Waals surface area contributed by atoms with E-state index in [1.165, 1.54) is 0 Å². The maximum Gasteiger partial charge on any atom is 0.419 e. The van der Waals surface area contributed by atoms with Crippen LogP contribution in [0.3, 0.4) is 0 Å². The van der Waals surface area contributed by atoms with Crippen LogP contribution in [0.1, 0.15) is 23.2 Å². The number of nitrogens with zero attached hydrogens (tertiary/aromatic N) is 1. The van der Waals surface area contributed by atoms with Gasteiger partial charge >= 0.3 is 6.18 Å². The first-order valence-electron chi connectivity index (χ1n) is 4.02. The zero-order chi connectivity index (χ0) is 12.5. The van der Waals surface area contributed by atoms with Crippen molar-refractivity contribution < 1.29 is 22.0 Å². The first kappa shape index (κ1) is 13.1. The minimum absolute atomic E-state index is 0.117. The molecule has 2 N–H and O–H groups in total. The smallest absolute Gasteiger partial charge is 0.325 e. The van der Waals surface area contributed by atoms with Gasteiger partial charge in [-0.15, -0.1) is 0 Å². The first-order valence-corrected chi connectivity index (χ1v) is 4.40. The molecule has 0 aromatic carbocycles. The van der Waals surface area contributed by atoms with E-state index in [9.17, 15) is 22.0 Å². The van der Waals surface area contributed by atoms with Crippen LogP contribution in [0.15, 0.2) is 6.07 Å². The van der Waals surface area contributed by atoms with Crippen LogP contribution >= 0.6 is 11.6 Å². The maximum absolute atomic E-state index is 12.4. The fraction of sp³-hybridized carbons (Fsp3) is 0.375. The molecule has 0 atom stereocenters. The highest BCUT2D eigenvalue weighted by Crippen LogP contribution is 2.40. The molecule has 1 heterocycles. The molecule has 0 aliphatic rings. The number of hydrogen-bond acceptors (Lipinski definition) is 2. The van der Waals surface area contributed by atoms with E-state index in [4.69, 9.17) is 17.3 Å². The van der Waals surface area contributed by atoms with E-state index < -0.39 is 28.9 Å². The third-order valence-electron chi connectivity index (χ3n) is 1.79. The molecule has 1 aromatic rings. The van der Waals surface area contributed by atoms with E-state index in [0.29, 0.717) is 6.07 Å². The lowest BCUT2D eigenvalue weighted by Gasteiger charge is -2.14. The highest BCUT2D eigenvalue weighted by molar-refractivity contribution is 6.30. The second-order valence-corrected chi connectivity index (χ2v) is 3.23. The third kappa shape index (κ3) is 2.59. The number of rotatable bonds is 2. The highest BCUT2D eigenvalue weighted by atomic mass is 35.5. The van der Waals surface area contributed by atoms with Crippen molar-refractivity contribution >= 4 is 11.6 Å². The summed E-state index contributed by atoms with van der Waals surface area (Å²) < 4.78 is 62.1. The minimum atomic E-state index is -4.97. The van der Waals surface area contributed by atoms with Crippen LogP contribution in [0, 0.1) is 0 Å². The van der Waals surface area contributed by atoms with Gasteiger partial charge < -0.3 is 5.73 Å². The number of aromatic nitrogens is 1. The van der Waals surface area contributed by atoms with Crippen molar-refractivity contribution in [2.45, 2.75) is 19.1 Å². The van der Waals surface area contributed by atoms with Crippen LogP contribution in [0.5, 0.6) is 0 Å². The van der Waals surface area contributed by atoms with Crippen molar-refractivity contribution in [3.05, 3.63) is 28.0 Å². The molecule has 0 bridgehead atoms. The molecule has 16 heavy (non-hydrogen) atoms. The Morgan fingerprint density at radius 2 is 1.94 bits per heavy atom. The second kappa shape index (κ2) is 4.50. The Bertz CT molecular complexity index is 391. The Morgan fingerprint density at radius 3 is 2.31 bits per heavy atom. The number of halogens is 6. The molecular formula is C8H6ClF5N2. The average Bonchev–Trinajstić information content (AvgIpc) is 2.14. The zero-order valence-electron chi connectivity index (χ0n) is 7.65. The molecule has 0 amide bonds. The van der Waals surface area contributed by atoms with Gasteiger partial charge in [-0.3, -0.25) is 0 Å². The lowest BCUT2D eigenvalue weighted by atomic mass is 10.1. The number of hydrogen-bond donors (Lipinski definition) is 1. The molecule has 0 unspecified atom stereocenters. The Morgan fingerprint density at radius 1 is 1.38 bits per heavy atom. The molecule has 0 saturated heterocycles. The molecule has 0 aliphatic carbocycles. The molecule has 8 heteroatoms. The van der Waals surface area contributed by atoms with Crippen molar-refractivity contribution in [1.82, 2.24) is 4.98 Å². The summed E-state index contributed by atoms with van der Waals surface area (Å²) in [4.78, 5) is 3.29. The van der Waals surface area contributed by atoms with Crippen molar-refractivity contribution in [3.63, 3.8) is 0 Å². The number of alkyl halides is 5. The van der Waals surface area contributed by atoms with Crippen LogP contribution in [-0.2, 0) is 12.7 Å². The summed E-state index contributed by atoms with van der Waals surface area (Å²) in [6.07, 6.45) is -8.26. The van der Waals surface area contributed by atoms with Crippen LogP contribution in [0.4, 0.5) is 22.0 Å². The molecule has 0 spiro atoms. The van der Waals surface area contributed by atoms with Crippen molar-refractivity contribution in [3.8, 4) is 0 Å². The Labute approximate surface area is 92.2 Å². The normalized spacial score (nSPS) is 12.2. The summed E-state index contributed by atoms with van der Waals surface area (Å²) in [5.74, 6) is 0. The van der Waals surface area contributed by atoms with E-state index >= 15 is 0 Å². The third-order valence-corrected chi connectivity index (χ3v) is 2.06. The summed E-state index contributed by atoms with van der Waals surface area (Å²) in [5, 5.41) is -1.01. The molecule has 0 radical (unpaired) electrons.